The van der Waals surface area contributed by atoms with Crippen molar-refractivity contribution >= 4 is 29.1 Å². The molecule has 4 rings (SSSR count). The maximum atomic E-state index is 17.3. The van der Waals surface area contributed by atoms with Crippen molar-refractivity contribution in [2.75, 3.05) is 5.88 Å². The molecule has 0 bridgehead atoms. The highest BCUT2D eigenvalue weighted by Crippen LogP contribution is 2.72. The van der Waals surface area contributed by atoms with Gasteiger partial charge in [-0.25, -0.2) is 4.39 Å². The molecule has 4 aliphatic rings. The van der Waals surface area contributed by atoms with Crippen LogP contribution < -0.4 is 0 Å². The summed E-state index contributed by atoms with van der Waals surface area (Å²) in [6.07, 6.45) is 1.85. The van der Waals surface area contributed by atoms with Crippen molar-refractivity contribution in [3.63, 3.8) is 0 Å². The molecule has 5 nitrogen and oxygen atoms in total. The van der Waals surface area contributed by atoms with Crippen LogP contribution in [0.3, 0.4) is 0 Å². The largest absolute Gasteiger partial charge is 0.450 e. The average Bonchev–Trinajstić information content (AvgIpc) is 2.96. The number of halogens is 2. The van der Waals surface area contributed by atoms with Crippen molar-refractivity contribution in [1.82, 2.24) is 0 Å². The van der Waals surface area contributed by atoms with Crippen molar-refractivity contribution in [2.24, 2.45) is 34.5 Å². The third kappa shape index (κ3) is 2.80. The van der Waals surface area contributed by atoms with Gasteiger partial charge in [0.1, 0.15) is 11.5 Å². The summed E-state index contributed by atoms with van der Waals surface area (Å²) in [5.74, 6) is -2.05. The fraction of sp³-hybridized carbons (Fsp3) is 0.880. The highest BCUT2D eigenvalue weighted by molar-refractivity contribution is 6.29. The Labute approximate surface area is 194 Å². The summed E-state index contributed by atoms with van der Waals surface area (Å²) < 4.78 is 23.2. The van der Waals surface area contributed by atoms with Crippen LogP contribution in [-0.4, -0.2) is 45.9 Å². The molecule has 180 valence electrons. The molecule has 3 unspecified atom stereocenters. The Morgan fingerprint density at radius 1 is 1.22 bits per heavy atom. The van der Waals surface area contributed by atoms with Crippen molar-refractivity contribution in [1.29, 1.82) is 0 Å². The van der Waals surface area contributed by atoms with Crippen LogP contribution in [0.25, 0.3) is 0 Å². The maximum Gasteiger partial charge on any atom is 0.306 e. The lowest BCUT2D eigenvalue weighted by atomic mass is 9.42. The van der Waals surface area contributed by atoms with Crippen molar-refractivity contribution < 1.29 is 28.6 Å². The lowest BCUT2D eigenvalue weighted by Crippen LogP contribution is -2.71. The number of aliphatic hydroxyl groups is 1. The third-order valence-corrected chi connectivity index (χ3v) is 10.4. The van der Waals surface area contributed by atoms with E-state index >= 15 is 4.39 Å². The second-order valence-electron chi connectivity index (χ2n) is 11.3. The molecule has 32 heavy (non-hydrogen) atoms. The van der Waals surface area contributed by atoms with Gasteiger partial charge in [-0.15, -0.1) is 11.6 Å². The Morgan fingerprint density at radius 2 is 1.91 bits per heavy atom. The minimum Gasteiger partial charge on any atom is -0.450 e. The zero-order chi connectivity index (χ0) is 23.7. The van der Waals surface area contributed by atoms with Gasteiger partial charge in [0.05, 0.1) is 12.0 Å². The maximum absolute atomic E-state index is 17.3. The van der Waals surface area contributed by atoms with Gasteiger partial charge in [0.2, 0.25) is 0 Å². The normalized spacial score (nSPS) is 50.2. The average molecular weight is 471 g/mol. The quantitative estimate of drug-likeness (QED) is 0.486. The molecule has 9 atom stereocenters. The molecule has 0 aliphatic heterocycles. The van der Waals surface area contributed by atoms with Gasteiger partial charge in [0, 0.05) is 36.0 Å². The first kappa shape index (κ1) is 24.1. The van der Waals surface area contributed by atoms with Gasteiger partial charge < -0.3 is 9.84 Å². The van der Waals surface area contributed by atoms with Gasteiger partial charge in [-0.05, 0) is 49.9 Å². The Morgan fingerprint density at radius 3 is 2.53 bits per heavy atom. The van der Waals surface area contributed by atoms with Crippen LogP contribution in [0.1, 0.15) is 79.1 Å². The number of rotatable bonds is 4. The predicted octanol–water partition coefficient (Wildman–Crippen LogP) is 4.41. The summed E-state index contributed by atoms with van der Waals surface area (Å²) in [4.78, 5) is 37.9. The van der Waals surface area contributed by atoms with Crippen LogP contribution in [0.4, 0.5) is 4.39 Å². The van der Waals surface area contributed by atoms with Gasteiger partial charge in [-0.1, -0.05) is 27.7 Å². The number of alkyl halides is 2. The molecule has 4 saturated carbocycles. The van der Waals surface area contributed by atoms with Gasteiger partial charge in [0.15, 0.2) is 11.4 Å². The summed E-state index contributed by atoms with van der Waals surface area (Å²) >= 11 is 6.03. The number of carbonyl (C=O) groups excluding carboxylic acids is 3. The molecule has 4 aliphatic carbocycles. The first-order chi connectivity index (χ1) is 14.9. The fourth-order valence-electron chi connectivity index (χ4n) is 8.59. The number of hydrogen-bond acceptors (Lipinski definition) is 5. The van der Waals surface area contributed by atoms with Gasteiger partial charge in [-0.2, -0.15) is 0 Å². The number of hydrogen-bond donors (Lipinski definition) is 1. The van der Waals surface area contributed by atoms with E-state index in [2.05, 4.69) is 0 Å². The number of Topliss-reactive ketones (excluding diaryl/α,β-unsaturated/α-hetero) is 2. The van der Waals surface area contributed by atoms with Crippen LogP contribution in [0.15, 0.2) is 0 Å². The number of carbonyl (C=O) groups is 3. The van der Waals surface area contributed by atoms with Crippen LogP contribution in [0.5, 0.6) is 0 Å². The number of aliphatic hydroxyl groups excluding tert-OH is 1. The minimum absolute atomic E-state index is 0.0326. The van der Waals surface area contributed by atoms with Gasteiger partial charge in [0.25, 0.3) is 0 Å². The molecule has 0 aromatic rings. The van der Waals surface area contributed by atoms with Crippen LogP contribution in [0.2, 0.25) is 0 Å². The Bertz CT molecular complexity index is 833. The molecule has 0 aromatic heterocycles. The summed E-state index contributed by atoms with van der Waals surface area (Å²) in [6, 6.07) is 0. The zero-order valence-corrected chi connectivity index (χ0v) is 20.3. The monoisotopic (exact) mass is 470 g/mol. The highest BCUT2D eigenvalue weighted by atomic mass is 35.5. The summed E-state index contributed by atoms with van der Waals surface area (Å²) in [6.45, 7) is 7.36. The predicted molar refractivity (Wildman–Crippen MR) is 118 cm³/mol. The smallest absolute Gasteiger partial charge is 0.306 e. The SMILES string of the molecule is CCC(=O)O[C@]1(C(=O)CCl)C(C)C[C@H]2[C@@H]3CCC4CC(=O)CC[C@]4(C)[C@@]3(F)C(O)C[C@@]21C. The molecule has 0 spiro atoms. The molecule has 0 heterocycles. The molecule has 1 N–H and O–H groups in total. The molecule has 0 saturated heterocycles. The molecule has 7 heteroatoms. The number of ketones is 2. The highest BCUT2D eigenvalue weighted by Gasteiger charge is 2.77. The van der Waals surface area contributed by atoms with E-state index in [1.165, 1.54) is 0 Å². The van der Waals surface area contributed by atoms with Crippen LogP contribution in [-0.2, 0) is 19.1 Å². The molecule has 0 radical (unpaired) electrons. The molecular weight excluding hydrogens is 435 g/mol. The van der Waals surface area contributed by atoms with E-state index in [0.717, 1.165) is 6.42 Å². The minimum atomic E-state index is -1.84. The second-order valence-corrected chi connectivity index (χ2v) is 11.6. The lowest BCUT2D eigenvalue weighted by molar-refractivity contribution is -0.257. The summed E-state index contributed by atoms with van der Waals surface area (Å²) in [5.41, 5.74) is -4.99. The standard InChI is InChI=1S/C25H36ClFO5/c1-5-21(31)32-25(20(30)13-26)14(2)10-18-17-7-6-15-11-16(28)8-9-22(15,3)24(17,27)19(29)12-23(18,25)4/h14-15,17-19,29H,5-13H2,1-4H3/t14?,15?,17-,18-,19?,22-,23-,24-,25-/m0/s1. The zero-order valence-electron chi connectivity index (χ0n) is 19.6. The second kappa shape index (κ2) is 7.76. The third-order valence-electron chi connectivity index (χ3n) is 10.2. The van der Waals surface area contributed by atoms with E-state index in [-0.39, 0.29) is 48.0 Å². The van der Waals surface area contributed by atoms with Crippen molar-refractivity contribution in [2.45, 2.75) is 96.4 Å². The Kier molecular flexibility index (Phi) is 5.85. The summed E-state index contributed by atoms with van der Waals surface area (Å²) in [7, 11) is 0. The number of ether oxygens (including phenoxy) is 1. The number of fused-ring (bicyclic) bond motifs is 5. The lowest BCUT2D eigenvalue weighted by Gasteiger charge is -2.65. The van der Waals surface area contributed by atoms with E-state index in [1.807, 2.05) is 20.8 Å². The number of esters is 1. The first-order valence-corrected chi connectivity index (χ1v) is 12.7. The van der Waals surface area contributed by atoms with Crippen LogP contribution >= 0.6 is 11.6 Å². The topological polar surface area (TPSA) is 80.7 Å². The van der Waals surface area contributed by atoms with E-state index in [4.69, 9.17) is 16.3 Å². The van der Waals surface area contributed by atoms with E-state index < -0.39 is 40.1 Å². The molecule has 0 aromatic carbocycles. The summed E-state index contributed by atoms with van der Waals surface area (Å²) in [5, 5.41) is 11.5. The molecule has 4 fully saturated rings. The fourth-order valence-corrected chi connectivity index (χ4v) is 8.79. The van der Waals surface area contributed by atoms with E-state index in [0.29, 0.717) is 32.1 Å². The van der Waals surface area contributed by atoms with E-state index in [9.17, 15) is 19.5 Å². The first-order valence-electron chi connectivity index (χ1n) is 12.1. The van der Waals surface area contributed by atoms with Gasteiger partial charge >= 0.3 is 5.97 Å². The van der Waals surface area contributed by atoms with Crippen molar-refractivity contribution in [3.8, 4) is 0 Å². The Hall–Kier alpha value is -1.01. The van der Waals surface area contributed by atoms with Gasteiger partial charge in [-0.3, -0.25) is 14.4 Å². The van der Waals surface area contributed by atoms with Crippen LogP contribution in [0, 0.1) is 34.5 Å². The Balaban J connectivity index is 1.81. The van der Waals surface area contributed by atoms with Crippen molar-refractivity contribution in [3.05, 3.63) is 0 Å². The molecule has 0 amide bonds. The molecular formula is C25H36ClFO5. The van der Waals surface area contributed by atoms with E-state index in [1.54, 1.807) is 6.92 Å².